The fourth-order valence-electron chi connectivity index (χ4n) is 4.26. The highest BCUT2D eigenvalue weighted by Crippen LogP contribution is 2.29. The lowest BCUT2D eigenvalue weighted by atomic mass is 10.1. The molecule has 9 nitrogen and oxygen atoms in total. The number of piperazine rings is 1. The van der Waals surface area contributed by atoms with E-state index in [2.05, 4.69) is 51.1 Å². The normalized spacial score (nSPS) is 14.4. The van der Waals surface area contributed by atoms with Crippen LogP contribution in [0.1, 0.15) is 0 Å². The number of amides is 1. The summed E-state index contributed by atoms with van der Waals surface area (Å²) in [7, 11) is 5.50. The maximum absolute atomic E-state index is 12.3. The van der Waals surface area contributed by atoms with E-state index >= 15 is 0 Å². The monoisotopic (exact) mass is 471 g/mol. The molecule has 4 aromatic rings. The largest absolute Gasteiger partial charge is 0.369 e. The fraction of sp³-hybridized carbons (Fsp3) is 0.308. The number of fused-ring (bicyclic) bond motifs is 1. The number of pyridine rings is 1. The van der Waals surface area contributed by atoms with Crippen molar-refractivity contribution in [3.63, 3.8) is 0 Å². The van der Waals surface area contributed by atoms with Gasteiger partial charge < -0.3 is 24.3 Å². The summed E-state index contributed by atoms with van der Waals surface area (Å²) in [6.45, 7) is 4.17. The van der Waals surface area contributed by atoms with E-state index in [1.54, 1.807) is 32.6 Å². The molecule has 1 N–H and O–H groups in total. The quantitative estimate of drug-likeness (QED) is 0.480. The van der Waals surface area contributed by atoms with Crippen molar-refractivity contribution in [2.24, 2.45) is 0 Å². The van der Waals surface area contributed by atoms with Gasteiger partial charge in [-0.05, 0) is 25.2 Å². The molecule has 0 saturated carbocycles. The molecule has 0 spiro atoms. The van der Waals surface area contributed by atoms with E-state index in [1.807, 2.05) is 6.20 Å². The third-order valence-electron chi connectivity index (χ3n) is 6.51. The molecule has 0 radical (unpaired) electrons. The van der Waals surface area contributed by atoms with Crippen LogP contribution >= 0.6 is 0 Å². The van der Waals surface area contributed by atoms with E-state index < -0.39 is 0 Å². The third kappa shape index (κ3) is 4.67. The van der Waals surface area contributed by atoms with Crippen molar-refractivity contribution in [1.82, 2.24) is 29.3 Å². The number of carbonyl (C=O) groups excluding carboxylic acids is 1. The van der Waals surface area contributed by atoms with Crippen LogP contribution in [0.4, 0.5) is 5.69 Å². The summed E-state index contributed by atoms with van der Waals surface area (Å²) >= 11 is 0. The van der Waals surface area contributed by atoms with E-state index in [1.165, 1.54) is 21.2 Å². The Labute approximate surface area is 203 Å². The number of aromatic amines is 1. The predicted octanol–water partition coefficient (Wildman–Crippen LogP) is 2.29. The van der Waals surface area contributed by atoms with Gasteiger partial charge in [0.05, 0.1) is 11.9 Å². The highest BCUT2D eigenvalue weighted by Gasteiger charge is 2.16. The summed E-state index contributed by atoms with van der Waals surface area (Å²) in [5.41, 5.74) is 5.76. The van der Waals surface area contributed by atoms with E-state index in [-0.39, 0.29) is 18.0 Å². The average Bonchev–Trinajstić information content (AvgIpc) is 3.29. The van der Waals surface area contributed by atoms with Gasteiger partial charge in [0.25, 0.3) is 5.56 Å². The van der Waals surface area contributed by atoms with Crippen LogP contribution in [0.15, 0.2) is 59.8 Å². The van der Waals surface area contributed by atoms with Crippen molar-refractivity contribution in [3.05, 3.63) is 65.3 Å². The first kappa shape index (κ1) is 22.8. The molecular weight excluding hydrogens is 442 g/mol. The number of benzene rings is 1. The van der Waals surface area contributed by atoms with Gasteiger partial charge in [0, 0.05) is 81.1 Å². The summed E-state index contributed by atoms with van der Waals surface area (Å²) in [6, 6.07) is 11.7. The van der Waals surface area contributed by atoms with Crippen molar-refractivity contribution in [2.75, 3.05) is 52.2 Å². The topological polar surface area (TPSA) is 90.4 Å². The van der Waals surface area contributed by atoms with Crippen LogP contribution < -0.4 is 10.5 Å². The van der Waals surface area contributed by atoms with Crippen molar-refractivity contribution >= 4 is 22.8 Å². The second-order valence-corrected chi connectivity index (χ2v) is 9.16. The Morgan fingerprint density at radius 1 is 1.03 bits per heavy atom. The Balaban J connectivity index is 1.45. The Hall–Kier alpha value is -3.98. The van der Waals surface area contributed by atoms with Crippen molar-refractivity contribution < 1.29 is 4.79 Å². The zero-order chi connectivity index (χ0) is 24.5. The Morgan fingerprint density at radius 2 is 1.74 bits per heavy atom. The smallest absolute Gasteiger partial charge is 0.251 e. The molecule has 5 rings (SSSR count). The number of nitrogens with one attached hydrogen (secondary N) is 1. The predicted molar refractivity (Wildman–Crippen MR) is 137 cm³/mol. The van der Waals surface area contributed by atoms with Crippen LogP contribution in [0.25, 0.3) is 33.5 Å². The SMILES string of the molecule is CN1CCN(c2ccc(-c3cnc4[nH]cc(-c5ccc(=O)n(CC(=O)N(C)C)c5)c4n3)cc2)CC1. The molecule has 35 heavy (non-hydrogen) atoms. The van der Waals surface area contributed by atoms with Crippen LogP contribution in [0, 0.1) is 0 Å². The van der Waals surface area contributed by atoms with Gasteiger partial charge in [-0.1, -0.05) is 12.1 Å². The summed E-state index contributed by atoms with van der Waals surface area (Å²) in [4.78, 5) is 43.3. The summed E-state index contributed by atoms with van der Waals surface area (Å²) in [6.07, 6.45) is 5.30. The molecular formula is C26H29N7O2. The molecule has 1 aromatic carbocycles. The number of nitrogens with zero attached hydrogens (tertiary/aromatic N) is 6. The van der Waals surface area contributed by atoms with Crippen molar-refractivity contribution in [3.8, 4) is 22.4 Å². The van der Waals surface area contributed by atoms with Crippen molar-refractivity contribution in [1.29, 1.82) is 0 Å². The highest BCUT2D eigenvalue weighted by atomic mass is 16.2. The number of hydrogen-bond acceptors (Lipinski definition) is 6. The van der Waals surface area contributed by atoms with Crippen LogP contribution in [-0.2, 0) is 11.3 Å². The third-order valence-corrected chi connectivity index (χ3v) is 6.51. The number of rotatable bonds is 5. The molecule has 0 bridgehead atoms. The fourth-order valence-corrected chi connectivity index (χ4v) is 4.26. The maximum Gasteiger partial charge on any atom is 0.251 e. The van der Waals surface area contributed by atoms with Gasteiger partial charge in [0.15, 0.2) is 5.65 Å². The Morgan fingerprint density at radius 3 is 2.46 bits per heavy atom. The second-order valence-electron chi connectivity index (χ2n) is 9.16. The van der Waals surface area contributed by atoms with Crippen LogP contribution in [0.5, 0.6) is 0 Å². The number of H-pyrrole nitrogens is 1. The molecule has 1 aliphatic rings. The number of aromatic nitrogens is 4. The minimum Gasteiger partial charge on any atom is -0.369 e. The Kier molecular flexibility index (Phi) is 6.08. The molecule has 4 heterocycles. The van der Waals surface area contributed by atoms with E-state index in [0.29, 0.717) is 5.65 Å². The lowest BCUT2D eigenvalue weighted by molar-refractivity contribution is -0.129. The molecule has 1 fully saturated rings. The second kappa shape index (κ2) is 9.34. The van der Waals surface area contributed by atoms with E-state index in [9.17, 15) is 9.59 Å². The number of carbonyl (C=O) groups is 1. The first-order chi connectivity index (χ1) is 16.9. The van der Waals surface area contributed by atoms with Gasteiger partial charge in [-0.2, -0.15) is 0 Å². The van der Waals surface area contributed by atoms with Gasteiger partial charge in [0.1, 0.15) is 12.1 Å². The highest BCUT2D eigenvalue weighted by molar-refractivity contribution is 5.91. The molecule has 3 aromatic heterocycles. The molecule has 1 aliphatic heterocycles. The van der Waals surface area contributed by atoms with Crippen LogP contribution in [-0.4, -0.2) is 82.5 Å². The summed E-state index contributed by atoms with van der Waals surface area (Å²) < 4.78 is 1.42. The van der Waals surface area contributed by atoms with E-state index in [4.69, 9.17) is 4.98 Å². The first-order valence-electron chi connectivity index (χ1n) is 11.7. The molecule has 1 saturated heterocycles. The molecule has 9 heteroatoms. The molecule has 0 unspecified atom stereocenters. The number of likely N-dealkylation sites (N-methyl/N-ethyl adjacent to an activating group) is 2. The first-order valence-corrected chi connectivity index (χ1v) is 11.7. The van der Waals surface area contributed by atoms with Gasteiger partial charge >= 0.3 is 0 Å². The van der Waals surface area contributed by atoms with Gasteiger partial charge in [-0.15, -0.1) is 0 Å². The minimum absolute atomic E-state index is 0.0153. The summed E-state index contributed by atoms with van der Waals surface area (Å²) in [5.74, 6) is -0.148. The zero-order valence-corrected chi connectivity index (χ0v) is 20.2. The van der Waals surface area contributed by atoms with E-state index in [0.717, 1.165) is 54.1 Å². The lowest BCUT2D eigenvalue weighted by Gasteiger charge is -2.34. The van der Waals surface area contributed by atoms with Gasteiger partial charge in [0.2, 0.25) is 5.91 Å². The van der Waals surface area contributed by atoms with Gasteiger partial charge in [-0.3, -0.25) is 9.59 Å². The summed E-state index contributed by atoms with van der Waals surface area (Å²) in [5, 5.41) is 0. The average molecular weight is 472 g/mol. The van der Waals surface area contributed by atoms with Gasteiger partial charge in [-0.25, -0.2) is 9.97 Å². The minimum atomic E-state index is -0.226. The molecule has 1 amide bonds. The maximum atomic E-state index is 12.3. The van der Waals surface area contributed by atoms with Crippen molar-refractivity contribution in [2.45, 2.75) is 6.54 Å². The zero-order valence-electron chi connectivity index (χ0n) is 20.2. The number of hydrogen-bond donors (Lipinski definition) is 1. The lowest BCUT2D eigenvalue weighted by Crippen LogP contribution is -2.44. The molecule has 0 aliphatic carbocycles. The Bertz CT molecular complexity index is 1410. The van der Waals surface area contributed by atoms with Crippen LogP contribution in [0.3, 0.4) is 0 Å². The molecule has 0 atom stereocenters. The molecule has 180 valence electrons. The van der Waals surface area contributed by atoms with Crippen LogP contribution in [0.2, 0.25) is 0 Å². The standard InChI is InChI=1S/C26H29N7O2/c1-30(2)24(35)17-33-16-19(6-9-23(33)34)21-14-27-26-25(21)29-22(15-28-26)18-4-7-20(8-5-18)32-12-10-31(3)11-13-32/h4-9,14-16H,10-13,17H2,1-3H3,(H,27,28). The number of anilines is 1.